The highest BCUT2D eigenvalue weighted by Crippen LogP contribution is 2.23. The maximum absolute atomic E-state index is 12.9. The molecule has 2 N–H and O–H groups in total. The van der Waals surface area contributed by atoms with E-state index in [1.165, 1.54) is 0 Å². The lowest BCUT2D eigenvalue weighted by Crippen LogP contribution is -2.46. The summed E-state index contributed by atoms with van der Waals surface area (Å²) in [5.41, 5.74) is 1.71. The fraction of sp³-hybridized carbons (Fsp3) is 0.609. The third kappa shape index (κ3) is 7.77. The number of nitrogens with zero attached hydrogens (tertiary/aromatic N) is 2. The van der Waals surface area contributed by atoms with Crippen molar-refractivity contribution in [3.05, 3.63) is 23.8 Å². The van der Waals surface area contributed by atoms with Gasteiger partial charge in [-0.3, -0.25) is 4.79 Å². The molecule has 0 aromatic heterocycles. The lowest BCUT2D eigenvalue weighted by Gasteiger charge is -2.35. The Morgan fingerprint density at radius 1 is 1.23 bits per heavy atom. The van der Waals surface area contributed by atoms with Crippen LogP contribution >= 0.6 is 0 Å². The van der Waals surface area contributed by atoms with E-state index < -0.39 is 5.60 Å². The Labute approximate surface area is 185 Å². The second-order valence-corrected chi connectivity index (χ2v) is 9.18. The smallest absolute Gasteiger partial charge is 0.410 e. The van der Waals surface area contributed by atoms with E-state index in [0.717, 1.165) is 18.4 Å². The molecule has 1 unspecified atom stereocenters. The number of piperidine rings is 1. The van der Waals surface area contributed by atoms with Crippen molar-refractivity contribution in [3.63, 3.8) is 0 Å². The number of carbonyl (C=O) groups excluding carboxylic acids is 3. The first-order chi connectivity index (χ1) is 14.5. The maximum Gasteiger partial charge on any atom is 0.410 e. The number of anilines is 2. The van der Waals surface area contributed by atoms with Gasteiger partial charge in [-0.05, 0) is 64.2 Å². The number of aryl methyl sites for hydroxylation is 1. The van der Waals surface area contributed by atoms with E-state index in [2.05, 4.69) is 10.6 Å². The first kappa shape index (κ1) is 24.5. The Kier molecular flexibility index (Phi) is 8.30. The molecule has 1 saturated heterocycles. The first-order valence-corrected chi connectivity index (χ1v) is 10.9. The minimum atomic E-state index is -0.535. The van der Waals surface area contributed by atoms with Crippen molar-refractivity contribution < 1.29 is 19.1 Å². The average molecular weight is 433 g/mol. The largest absolute Gasteiger partial charge is 0.444 e. The molecule has 172 valence electrons. The minimum Gasteiger partial charge on any atom is -0.444 e. The van der Waals surface area contributed by atoms with E-state index in [0.29, 0.717) is 37.4 Å². The van der Waals surface area contributed by atoms with Crippen molar-refractivity contribution in [2.24, 2.45) is 5.92 Å². The summed E-state index contributed by atoms with van der Waals surface area (Å²) >= 11 is 0. The van der Waals surface area contributed by atoms with Gasteiger partial charge in [0.2, 0.25) is 5.91 Å². The lowest BCUT2D eigenvalue weighted by atomic mass is 9.98. The molecule has 31 heavy (non-hydrogen) atoms. The van der Waals surface area contributed by atoms with Gasteiger partial charge in [0.1, 0.15) is 5.60 Å². The summed E-state index contributed by atoms with van der Waals surface area (Å²) in [6.45, 7) is 11.0. The van der Waals surface area contributed by atoms with Crippen molar-refractivity contribution in [2.75, 3.05) is 37.3 Å². The third-order valence-corrected chi connectivity index (χ3v) is 5.13. The molecule has 1 aromatic rings. The minimum absolute atomic E-state index is 0.0749. The highest BCUT2D eigenvalue weighted by Gasteiger charge is 2.27. The highest BCUT2D eigenvalue weighted by atomic mass is 16.6. The maximum atomic E-state index is 12.9. The Bertz CT molecular complexity index is 803. The van der Waals surface area contributed by atoms with Crippen LogP contribution in [0.25, 0.3) is 0 Å². The monoisotopic (exact) mass is 432 g/mol. The normalized spacial score (nSPS) is 16.5. The summed E-state index contributed by atoms with van der Waals surface area (Å²) in [6, 6.07) is 5.29. The second kappa shape index (κ2) is 10.5. The molecule has 8 nitrogen and oxygen atoms in total. The van der Waals surface area contributed by atoms with E-state index >= 15 is 0 Å². The number of hydrogen-bond donors (Lipinski definition) is 2. The molecule has 0 radical (unpaired) electrons. The van der Waals surface area contributed by atoms with Crippen LogP contribution in [0.5, 0.6) is 0 Å². The molecular formula is C23H36N4O4. The van der Waals surface area contributed by atoms with E-state index in [4.69, 9.17) is 4.74 Å². The predicted molar refractivity (Wildman–Crippen MR) is 122 cm³/mol. The van der Waals surface area contributed by atoms with Gasteiger partial charge in [0.25, 0.3) is 0 Å². The molecule has 0 saturated carbocycles. The lowest BCUT2D eigenvalue weighted by molar-refractivity contribution is -0.115. The molecule has 1 aliphatic heterocycles. The van der Waals surface area contributed by atoms with Gasteiger partial charge in [-0.25, -0.2) is 9.59 Å². The van der Waals surface area contributed by atoms with Crippen molar-refractivity contribution in [2.45, 2.75) is 59.5 Å². The zero-order chi connectivity index (χ0) is 23.2. The molecule has 1 heterocycles. The Morgan fingerprint density at radius 3 is 2.58 bits per heavy atom. The average Bonchev–Trinajstić information content (AvgIpc) is 2.69. The van der Waals surface area contributed by atoms with Gasteiger partial charge in [0.15, 0.2) is 0 Å². The molecule has 1 aromatic carbocycles. The summed E-state index contributed by atoms with van der Waals surface area (Å²) in [4.78, 5) is 40.1. The molecule has 0 bridgehead atoms. The third-order valence-electron chi connectivity index (χ3n) is 5.13. The Balaban J connectivity index is 1.96. The Hall–Kier alpha value is -2.77. The van der Waals surface area contributed by atoms with Crippen molar-refractivity contribution >= 4 is 29.4 Å². The van der Waals surface area contributed by atoms with Gasteiger partial charge >= 0.3 is 12.1 Å². The summed E-state index contributed by atoms with van der Waals surface area (Å²) < 4.78 is 5.42. The number of ether oxygens (including phenoxy) is 1. The molecule has 4 amide bonds. The number of likely N-dealkylation sites (tertiary alicyclic amines) is 1. The van der Waals surface area contributed by atoms with E-state index in [1.807, 2.05) is 39.8 Å². The fourth-order valence-corrected chi connectivity index (χ4v) is 3.48. The fourth-order valence-electron chi connectivity index (χ4n) is 3.48. The van der Waals surface area contributed by atoms with E-state index in [-0.39, 0.29) is 23.9 Å². The summed E-state index contributed by atoms with van der Waals surface area (Å²) in [7, 11) is 1.73. The SMILES string of the molecule is CCC(=O)Nc1ccc(C)c(NC(=O)N2CCCC(CN(C)C(=O)OC(C)(C)C)C2)c1. The van der Waals surface area contributed by atoms with Gasteiger partial charge in [0.05, 0.1) is 0 Å². The Morgan fingerprint density at radius 2 is 1.94 bits per heavy atom. The molecule has 8 heteroatoms. The highest BCUT2D eigenvalue weighted by molar-refractivity contribution is 5.94. The van der Waals surface area contributed by atoms with Crippen LogP contribution in [0, 0.1) is 12.8 Å². The van der Waals surface area contributed by atoms with E-state index in [9.17, 15) is 14.4 Å². The zero-order valence-corrected chi connectivity index (χ0v) is 19.6. The van der Waals surface area contributed by atoms with Gasteiger partial charge in [0, 0.05) is 44.5 Å². The molecule has 1 atom stereocenters. The van der Waals surface area contributed by atoms with E-state index in [1.54, 1.807) is 29.8 Å². The van der Waals surface area contributed by atoms with Crippen LogP contribution in [0.3, 0.4) is 0 Å². The number of benzene rings is 1. The first-order valence-electron chi connectivity index (χ1n) is 10.9. The summed E-state index contributed by atoms with van der Waals surface area (Å²) in [5, 5.41) is 5.78. The zero-order valence-electron chi connectivity index (χ0n) is 19.6. The second-order valence-electron chi connectivity index (χ2n) is 9.18. The van der Waals surface area contributed by atoms with Crippen LogP contribution in [0.15, 0.2) is 18.2 Å². The van der Waals surface area contributed by atoms with Crippen molar-refractivity contribution in [1.29, 1.82) is 0 Å². The molecule has 1 fully saturated rings. The number of rotatable bonds is 5. The van der Waals surface area contributed by atoms with Crippen LogP contribution in [0.4, 0.5) is 21.0 Å². The van der Waals surface area contributed by atoms with Crippen LogP contribution in [-0.4, -0.2) is 60.1 Å². The molecule has 1 aliphatic rings. The van der Waals surface area contributed by atoms with Crippen molar-refractivity contribution in [1.82, 2.24) is 9.80 Å². The number of hydrogen-bond acceptors (Lipinski definition) is 4. The summed E-state index contributed by atoms with van der Waals surface area (Å²) in [6.07, 6.45) is 1.87. The van der Waals surface area contributed by atoms with Crippen LogP contribution in [0.2, 0.25) is 0 Å². The van der Waals surface area contributed by atoms with Crippen molar-refractivity contribution in [3.8, 4) is 0 Å². The molecule has 0 aliphatic carbocycles. The van der Waals surface area contributed by atoms with Crippen LogP contribution in [0.1, 0.15) is 52.5 Å². The van der Waals surface area contributed by atoms with Gasteiger partial charge in [-0.15, -0.1) is 0 Å². The summed E-state index contributed by atoms with van der Waals surface area (Å²) in [5.74, 6) is 0.113. The van der Waals surface area contributed by atoms with Gasteiger partial charge in [-0.2, -0.15) is 0 Å². The van der Waals surface area contributed by atoms with Gasteiger partial charge in [-0.1, -0.05) is 13.0 Å². The van der Waals surface area contributed by atoms with Crippen LogP contribution < -0.4 is 10.6 Å². The predicted octanol–water partition coefficient (Wildman–Crippen LogP) is 4.45. The molecule has 0 spiro atoms. The number of amides is 4. The quantitative estimate of drug-likeness (QED) is 0.719. The van der Waals surface area contributed by atoms with Gasteiger partial charge < -0.3 is 25.2 Å². The number of carbonyl (C=O) groups is 3. The standard InChI is InChI=1S/C23H36N4O4/c1-7-20(28)24-18-11-10-16(2)19(13-18)25-21(29)27-12-8-9-17(15-27)14-26(6)22(30)31-23(3,4)5/h10-11,13,17H,7-9,12,14-15H2,1-6H3,(H,24,28)(H,25,29). The van der Waals surface area contributed by atoms with Crippen LogP contribution in [-0.2, 0) is 9.53 Å². The molecular weight excluding hydrogens is 396 g/mol. The number of urea groups is 1. The number of nitrogens with one attached hydrogen (secondary N) is 2. The molecule has 2 rings (SSSR count). The topological polar surface area (TPSA) is 91.0 Å².